The Morgan fingerprint density at radius 1 is 1.23 bits per heavy atom. The van der Waals surface area contributed by atoms with Crippen molar-refractivity contribution in [3.05, 3.63) is 59.9 Å². The summed E-state index contributed by atoms with van der Waals surface area (Å²) in [4.78, 5) is 12.7. The average molecular weight is 378 g/mol. The lowest BCUT2D eigenvalue weighted by molar-refractivity contribution is 0.0691. The van der Waals surface area contributed by atoms with Crippen LogP contribution in [0.4, 0.5) is 10.1 Å². The molecule has 0 bridgehead atoms. The van der Waals surface area contributed by atoms with Gasteiger partial charge in [0.15, 0.2) is 0 Å². The molecule has 1 atom stereocenters. The maximum Gasteiger partial charge on any atom is 0.338 e. The van der Waals surface area contributed by atoms with Crippen LogP contribution in [0.15, 0.2) is 53.4 Å². The van der Waals surface area contributed by atoms with Crippen LogP contribution in [0, 0.1) is 5.82 Å². The second-order valence-corrected chi connectivity index (χ2v) is 7.89. The molecule has 0 saturated carbocycles. The summed E-state index contributed by atoms with van der Waals surface area (Å²) in [5.74, 6) is -2.52. The molecule has 26 heavy (non-hydrogen) atoms. The zero-order valence-electron chi connectivity index (χ0n) is 13.9. The highest BCUT2D eigenvalue weighted by Crippen LogP contribution is 2.25. The number of nitrogens with zero attached hydrogens (tertiary/aromatic N) is 1. The summed E-state index contributed by atoms with van der Waals surface area (Å²) in [5, 5.41) is 8.83. The number of hydrogen-bond acceptors (Lipinski definition) is 4. The zero-order chi connectivity index (χ0) is 18.7. The van der Waals surface area contributed by atoms with Crippen LogP contribution in [0.5, 0.6) is 0 Å². The summed E-state index contributed by atoms with van der Waals surface area (Å²) in [6.45, 7) is 1.04. The molecule has 0 aromatic heterocycles. The Morgan fingerprint density at radius 2 is 1.96 bits per heavy atom. The first-order chi connectivity index (χ1) is 12.4. The maximum absolute atomic E-state index is 13.8. The Kier molecular flexibility index (Phi) is 5.24. The van der Waals surface area contributed by atoms with Crippen LogP contribution in [0.2, 0.25) is 0 Å². The Morgan fingerprint density at radius 3 is 2.62 bits per heavy atom. The van der Waals surface area contributed by atoms with Gasteiger partial charge in [-0.1, -0.05) is 18.2 Å². The van der Waals surface area contributed by atoms with E-state index >= 15 is 0 Å². The van der Waals surface area contributed by atoms with E-state index in [-0.39, 0.29) is 17.5 Å². The number of carbonyl (C=O) groups is 1. The number of sulfonamides is 1. The highest BCUT2D eigenvalue weighted by Gasteiger charge is 2.27. The molecule has 138 valence electrons. The molecule has 2 aromatic rings. The summed E-state index contributed by atoms with van der Waals surface area (Å²) in [6.07, 6.45) is 1.81. The number of rotatable bonds is 6. The molecule has 2 aromatic carbocycles. The van der Waals surface area contributed by atoms with Crippen LogP contribution in [0.1, 0.15) is 23.2 Å². The minimum Gasteiger partial charge on any atom is -0.478 e. The summed E-state index contributed by atoms with van der Waals surface area (Å²) >= 11 is 0. The summed E-state index contributed by atoms with van der Waals surface area (Å²) in [5.41, 5.74) is 0.473. The highest BCUT2D eigenvalue weighted by molar-refractivity contribution is 7.89. The van der Waals surface area contributed by atoms with Gasteiger partial charge in [0, 0.05) is 24.8 Å². The van der Waals surface area contributed by atoms with Gasteiger partial charge in [-0.15, -0.1) is 0 Å². The first kappa shape index (κ1) is 18.3. The number of carboxylic acid groups (broad SMARTS) is 1. The number of hydrogen-bond donors (Lipinski definition) is 2. The fourth-order valence-electron chi connectivity index (χ4n) is 3.13. The fourth-order valence-corrected chi connectivity index (χ4v) is 4.22. The molecular weight excluding hydrogens is 359 g/mol. The molecular formula is C18H19FN2O4S. The molecule has 1 aliphatic rings. The summed E-state index contributed by atoms with van der Waals surface area (Å²) in [7, 11) is -3.93. The number of halogens is 1. The second-order valence-electron chi connectivity index (χ2n) is 6.12. The third-order valence-electron chi connectivity index (χ3n) is 4.46. The Hall–Kier alpha value is -2.45. The van der Waals surface area contributed by atoms with E-state index in [0.29, 0.717) is 0 Å². The van der Waals surface area contributed by atoms with Crippen LogP contribution in [-0.4, -0.2) is 38.6 Å². The largest absolute Gasteiger partial charge is 0.478 e. The van der Waals surface area contributed by atoms with Crippen molar-refractivity contribution in [3.8, 4) is 0 Å². The van der Waals surface area contributed by atoms with Crippen molar-refractivity contribution in [1.82, 2.24) is 4.72 Å². The molecule has 1 fully saturated rings. The first-order valence-electron chi connectivity index (χ1n) is 8.23. The third kappa shape index (κ3) is 3.86. The van der Waals surface area contributed by atoms with Gasteiger partial charge in [0.1, 0.15) is 5.82 Å². The number of anilines is 1. The van der Waals surface area contributed by atoms with E-state index in [4.69, 9.17) is 5.11 Å². The highest BCUT2D eigenvalue weighted by atomic mass is 32.2. The third-order valence-corrected chi connectivity index (χ3v) is 5.88. The van der Waals surface area contributed by atoms with Gasteiger partial charge in [0.2, 0.25) is 10.0 Å². The van der Waals surface area contributed by atoms with Crippen molar-refractivity contribution < 1.29 is 22.7 Å². The lowest BCUT2D eigenvalue weighted by Crippen LogP contribution is -2.40. The zero-order valence-corrected chi connectivity index (χ0v) is 14.7. The predicted octanol–water partition coefficient (Wildman–Crippen LogP) is 2.47. The van der Waals surface area contributed by atoms with E-state index in [1.54, 1.807) is 0 Å². The molecule has 1 unspecified atom stereocenters. The van der Waals surface area contributed by atoms with E-state index in [9.17, 15) is 17.6 Å². The number of nitrogens with one attached hydrogen (secondary N) is 1. The fraction of sp³-hybridized carbons (Fsp3) is 0.278. The van der Waals surface area contributed by atoms with Gasteiger partial charge in [-0.2, -0.15) is 0 Å². The van der Waals surface area contributed by atoms with E-state index in [2.05, 4.69) is 9.62 Å². The molecule has 0 amide bonds. The van der Waals surface area contributed by atoms with Gasteiger partial charge >= 0.3 is 5.97 Å². The first-order valence-corrected chi connectivity index (χ1v) is 9.71. The van der Waals surface area contributed by atoms with Gasteiger partial charge in [-0.25, -0.2) is 22.3 Å². The average Bonchev–Trinajstić information content (AvgIpc) is 3.09. The van der Waals surface area contributed by atoms with E-state index in [1.165, 1.54) is 0 Å². The number of aromatic carboxylic acids is 1. The minimum absolute atomic E-state index is 0.00955. The van der Waals surface area contributed by atoms with Crippen LogP contribution in [0.3, 0.4) is 0 Å². The van der Waals surface area contributed by atoms with Gasteiger partial charge in [-0.3, -0.25) is 0 Å². The molecule has 1 saturated heterocycles. The van der Waals surface area contributed by atoms with Gasteiger partial charge in [-0.05, 0) is 43.2 Å². The summed E-state index contributed by atoms with van der Waals surface area (Å²) in [6, 6.07) is 12.5. The standard InChI is InChI=1S/C18H19FN2O4S/c19-17-11-15(8-9-16(17)18(22)23)26(24,25)20-12-14-7-4-10-21(14)13-5-2-1-3-6-13/h1-3,5-6,8-9,11,14,20H,4,7,10,12H2,(H,22,23). The van der Waals surface area contributed by atoms with Gasteiger partial charge < -0.3 is 10.0 Å². The van der Waals surface area contributed by atoms with E-state index in [0.717, 1.165) is 43.3 Å². The number of carboxylic acids is 1. The van der Waals surface area contributed by atoms with Crippen molar-refractivity contribution in [1.29, 1.82) is 0 Å². The van der Waals surface area contributed by atoms with Crippen molar-refractivity contribution in [2.24, 2.45) is 0 Å². The topological polar surface area (TPSA) is 86.7 Å². The van der Waals surface area contributed by atoms with Crippen molar-refractivity contribution in [2.45, 2.75) is 23.8 Å². The SMILES string of the molecule is O=C(O)c1ccc(S(=O)(=O)NCC2CCCN2c2ccccc2)cc1F. The van der Waals surface area contributed by atoms with E-state index in [1.807, 2.05) is 30.3 Å². The van der Waals surface area contributed by atoms with Crippen LogP contribution < -0.4 is 9.62 Å². The molecule has 0 radical (unpaired) electrons. The van der Waals surface area contributed by atoms with Crippen molar-refractivity contribution >= 4 is 21.7 Å². The molecule has 3 rings (SSSR count). The summed E-state index contributed by atoms with van der Waals surface area (Å²) < 4.78 is 41.1. The van der Waals surface area contributed by atoms with Gasteiger partial charge in [0.05, 0.1) is 10.5 Å². The Bertz CT molecular complexity index is 903. The molecule has 8 heteroatoms. The van der Waals surface area contributed by atoms with Crippen molar-refractivity contribution in [2.75, 3.05) is 18.0 Å². The van der Waals surface area contributed by atoms with Gasteiger partial charge in [0.25, 0.3) is 0 Å². The quantitative estimate of drug-likeness (QED) is 0.806. The maximum atomic E-state index is 13.8. The molecule has 1 heterocycles. The Labute approximate surface area is 151 Å². The second kappa shape index (κ2) is 7.43. The lowest BCUT2D eigenvalue weighted by atomic mass is 10.2. The molecule has 0 aliphatic carbocycles. The predicted molar refractivity (Wildman–Crippen MR) is 95.4 cm³/mol. The minimum atomic E-state index is -3.93. The smallest absolute Gasteiger partial charge is 0.338 e. The Balaban J connectivity index is 1.72. The van der Waals surface area contributed by atoms with Crippen LogP contribution in [-0.2, 0) is 10.0 Å². The molecule has 0 spiro atoms. The lowest BCUT2D eigenvalue weighted by Gasteiger charge is -2.27. The van der Waals surface area contributed by atoms with Crippen LogP contribution >= 0.6 is 0 Å². The number of benzene rings is 2. The monoisotopic (exact) mass is 378 g/mol. The number of para-hydroxylation sites is 1. The van der Waals surface area contributed by atoms with Crippen molar-refractivity contribution in [3.63, 3.8) is 0 Å². The molecule has 6 nitrogen and oxygen atoms in total. The molecule has 2 N–H and O–H groups in total. The van der Waals surface area contributed by atoms with Crippen LogP contribution in [0.25, 0.3) is 0 Å². The molecule has 1 aliphatic heterocycles. The van der Waals surface area contributed by atoms with E-state index < -0.39 is 27.4 Å². The normalized spacial score (nSPS) is 17.4.